The Morgan fingerprint density at radius 1 is 1.21 bits per heavy atom. The molecule has 4 nitrogen and oxygen atoms in total. The molecule has 2 fully saturated rings. The van der Waals surface area contributed by atoms with Crippen molar-refractivity contribution in [2.24, 2.45) is 17.8 Å². The van der Waals surface area contributed by atoms with Crippen LogP contribution < -0.4 is 0 Å². The van der Waals surface area contributed by atoms with Crippen LogP contribution >= 0.6 is 0 Å². The molecule has 0 aromatic carbocycles. The number of carbonyl (C=O) groups is 2. The fourth-order valence-corrected chi connectivity index (χ4v) is 4.49. The predicted octanol–water partition coefficient (Wildman–Crippen LogP) is 2.73. The highest BCUT2D eigenvalue weighted by molar-refractivity contribution is 6.71. The van der Waals surface area contributed by atoms with E-state index in [4.69, 9.17) is 9.16 Å². The second-order valence-corrected chi connectivity index (χ2v) is 10.9. The number of fused-ring (bicyclic) bond motifs is 1. The number of hydrogen-bond donors (Lipinski definition) is 0. The Kier molecular flexibility index (Phi) is 4.45. The van der Waals surface area contributed by atoms with Gasteiger partial charge in [0.2, 0.25) is 0 Å². The van der Waals surface area contributed by atoms with Gasteiger partial charge < -0.3 is 9.16 Å². The molecular formula is C14H24O4Si. The van der Waals surface area contributed by atoms with Crippen molar-refractivity contribution in [3.63, 3.8) is 0 Å². The van der Waals surface area contributed by atoms with Gasteiger partial charge in [-0.25, -0.2) is 0 Å². The van der Waals surface area contributed by atoms with Crippen LogP contribution in [0.3, 0.4) is 0 Å². The summed E-state index contributed by atoms with van der Waals surface area (Å²) in [6.07, 6.45) is 5.02. The molecule has 0 amide bonds. The summed E-state index contributed by atoms with van der Waals surface area (Å²) in [6, 6.07) is 1.16. The van der Waals surface area contributed by atoms with Crippen molar-refractivity contribution in [3.05, 3.63) is 0 Å². The highest BCUT2D eigenvalue weighted by Gasteiger charge is 2.47. The second kappa shape index (κ2) is 5.75. The summed E-state index contributed by atoms with van der Waals surface area (Å²) in [7, 11) is 0.345. The summed E-state index contributed by atoms with van der Waals surface area (Å²) in [6.45, 7) is 4.47. The average molecular weight is 284 g/mol. The quantitative estimate of drug-likeness (QED) is 0.442. The first-order valence-corrected chi connectivity index (χ1v) is 10.3. The first kappa shape index (κ1) is 14.7. The summed E-state index contributed by atoms with van der Waals surface area (Å²) in [5.74, 6) is -0.304. The number of esters is 2. The highest BCUT2D eigenvalue weighted by atomic mass is 28.4. The molecule has 0 aromatic heterocycles. The van der Waals surface area contributed by atoms with Crippen LogP contribution in [0.5, 0.6) is 0 Å². The summed E-state index contributed by atoms with van der Waals surface area (Å²) in [4.78, 5) is 23.0. The van der Waals surface area contributed by atoms with Gasteiger partial charge in [0.15, 0.2) is 8.32 Å². The molecule has 3 unspecified atom stereocenters. The summed E-state index contributed by atoms with van der Waals surface area (Å²) in [5.41, 5.74) is 0. The van der Waals surface area contributed by atoms with Gasteiger partial charge in [-0.2, -0.15) is 0 Å². The molecular weight excluding hydrogens is 260 g/mol. The van der Waals surface area contributed by atoms with E-state index in [1.54, 1.807) is 7.11 Å². The van der Waals surface area contributed by atoms with Crippen molar-refractivity contribution in [2.45, 2.75) is 51.2 Å². The van der Waals surface area contributed by atoms with Crippen LogP contribution in [0, 0.1) is 17.8 Å². The lowest BCUT2D eigenvalue weighted by Gasteiger charge is -2.28. The van der Waals surface area contributed by atoms with Crippen LogP contribution in [0.1, 0.15) is 32.1 Å². The minimum atomic E-state index is -1.46. The smallest absolute Gasteiger partial charge is 0.317 e. The number of rotatable bonds is 5. The first-order chi connectivity index (χ1) is 8.93. The Bertz CT molecular complexity index is 366. The van der Waals surface area contributed by atoms with Gasteiger partial charge in [-0.05, 0) is 44.3 Å². The maximum absolute atomic E-state index is 11.6. The molecule has 108 valence electrons. The van der Waals surface area contributed by atoms with E-state index in [1.807, 2.05) is 0 Å². The van der Waals surface area contributed by atoms with Crippen LogP contribution in [0.2, 0.25) is 19.1 Å². The van der Waals surface area contributed by atoms with E-state index in [1.165, 1.54) is 0 Å². The van der Waals surface area contributed by atoms with Crippen molar-refractivity contribution >= 4 is 20.3 Å². The third kappa shape index (κ3) is 3.45. The fraction of sp³-hybridized carbons (Fsp3) is 0.857. The van der Waals surface area contributed by atoms with Crippen LogP contribution in [0.15, 0.2) is 0 Å². The summed E-state index contributed by atoms with van der Waals surface area (Å²) < 4.78 is 10.3. The molecule has 0 aromatic rings. The molecule has 0 spiro atoms. The molecule has 2 aliphatic rings. The number of cyclic esters (lactones) is 2. The van der Waals surface area contributed by atoms with Crippen LogP contribution in [0.25, 0.3) is 0 Å². The topological polar surface area (TPSA) is 52.6 Å². The van der Waals surface area contributed by atoms with Gasteiger partial charge in [0.05, 0.1) is 11.8 Å². The zero-order chi connectivity index (χ0) is 14.0. The van der Waals surface area contributed by atoms with E-state index in [-0.39, 0.29) is 23.8 Å². The monoisotopic (exact) mass is 284 g/mol. The van der Waals surface area contributed by atoms with Crippen molar-refractivity contribution in [1.29, 1.82) is 0 Å². The Labute approximate surface area is 116 Å². The summed E-state index contributed by atoms with van der Waals surface area (Å²) in [5, 5.41) is 0. The fourth-order valence-electron chi connectivity index (χ4n) is 3.23. The van der Waals surface area contributed by atoms with Crippen molar-refractivity contribution in [3.8, 4) is 0 Å². The Morgan fingerprint density at radius 2 is 1.89 bits per heavy atom. The van der Waals surface area contributed by atoms with Gasteiger partial charge in [-0.3, -0.25) is 9.59 Å². The number of hydrogen-bond acceptors (Lipinski definition) is 4. The first-order valence-electron chi connectivity index (χ1n) is 7.23. The van der Waals surface area contributed by atoms with Gasteiger partial charge in [-0.15, -0.1) is 0 Å². The number of carbonyl (C=O) groups excluding carboxylic acids is 2. The molecule has 1 aliphatic heterocycles. The molecule has 5 heteroatoms. The predicted molar refractivity (Wildman–Crippen MR) is 74.0 cm³/mol. The SMILES string of the molecule is CO[Si](C)(C)CCCC1CCC2C(=O)OC(=O)C2C1. The molecule has 0 N–H and O–H groups in total. The second-order valence-electron chi connectivity index (χ2n) is 6.49. The third-order valence-corrected chi connectivity index (χ3v) is 7.37. The van der Waals surface area contributed by atoms with E-state index in [9.17, 15) is 9.59 Å². The van der Waals surface area contributed by atoms with Gasteiger partial charge in [0.1, 0.15) is 0 Å². The van der Waals surface area contributed by atoms with E-state index in [0.717, 1.165) is 38.1 Å². The largest absolute Gasteiger partial charge is 0.420 e. The lowest BCUT2D eigenvalue weighted by molar-refractivity contribution is -0.153. The Balaban J connectivity index is 1.78. The van der Waals surface area contributed by atoms with Crippen LogP contribution in [0.4, 0.5) is 0 Å². The minimum Gasteiger partial charge on any atom is -0.420 e. The molecule has 3 atom stereocenters. The number of ether oxygens (including phenoxy) is 1. The molecule has 2 rings (SSSR count). The summed E-state index contributed by atoms with van der Waals surface area (Å²) >= 11 is 0. The lowest BCUT2D eigenvalue weighted by atomic mass is 9.74. The molecule has 19 heavy (non-hydrogen) atoms. The van der Waals surface area contributed by atoms with E-state index >= 15 is 0 Å². The molecule has 1 heterocycles. The normalized spacial score (nSPS) is 31.2. The Hall–Kier alpha value is -0.683. The average Bonchev–Trinajstić information content (AvgIpc) is 2.65. The van der Waals surface area contributed by atoms with Gasteiger partial charge in [0.25, 0.3) is 0 Å². The van der Waals surface area contributed by atoms with Crippen molar-refractivity contribution in [2.75, 3.05) is 7.11 Å². The maximum Gasteiger partial charge on any atom is 0.317 e. The van der Waals surface area contributed by atoms with Crippen LogP contribution in [-0.2, 0) is 18.8 Å². The van der Waals surface area contributed by atoms with E-state index < -0.39 is 8.32 Å². The standard InChI is InChI=1S/C14H24O4Si/c1-17-19(2,3)8-4-5-10-6-7-11-12(9-10)14(16)18-13(11)15/h10-12H,4-9H2,1-3H3. The molecule has 1 saturated carbocycles. The van der Waals surface area contributed by atoms with E-state index in [2.05, 4.69) is 13.1 Å². The zero-order valence-electron chi connectivity index (χ0n) is 12.1. The third-order valence-electron chi connectivity index (χ3n) is 4.71. The molecule has 1 saturated heterocycles. The molecule has 0 radical (unpaired) electrons. The molecule has 1 aliphatic carbocycles. The lowest BCUT2D eigenvalue weighted by Crippen LogP contribution is -2.29. The van der Waals surface area contributed by atoms with Gasteiger partial charge in [0, 0.05) is 7.11 Å². The van der Waals surface area contributed by atoms with Crippen LogP contribution in [-0.4, -0.2) is 27.4 Å². The van der Waals surface area contributed by atoms with Crippen molar-refractivity contribution < 1.29 is 18.8 Å². The highest BCUT2D eigenvalue weighted by Crippen LogP contribution is 2.41. The van der Waals surface area contributed by atoms with Crippen molar-refractivity contribution in [1.82, 2.24) is 0 Å². The van der Waals surface area contributed by atoms with E-state index in [0.29, 0.717) is 5.92 Å². The van der Waals surface area contributed by atoms with Gasteiger partial charge in [-0.1, -0.05) is 12.8 Å². The maximum atomic E-state index is 11.6. The Morgan fingerprint density at radius 3 is 2.58 bits per heavy atom. The zero-order valence-corrected chi connectivity index (χ0v) is 13.1. The molecule has 0 bridgehead atoms. The van der Waals surface area contributed by atoms with Gasteiger partial charge >= 0.3 is 11.9 Å². The minimum absolute atomic E-state index is 0.145.